The van der Waals surface area contributed by atoms with Gasteiger partial charge in [0.25, 0.3) is 0 Å². The normalized spacial score (nSPS) is 33.0. The number of fused-ring (bicyclic) bond motifs is 1. The van der Waals surface area contributed by atoms with Crippen LogP contribution in [0.5, 0.6) is 0 Å². The van der Waals surface area contributed by atoms with Crippen LogP contribution in [0.4, 0.5) is 0 Å². The van der Waals surface area contributed by atoms with Gasteiger partial charge < -0.3 is 10.2 Å². The third-order valence-electron chi connectivity index (χ3n) is 6.12. The van der Waals surface area contributed by atoms with Crippen molar-refractivity contribution in [2.75, 3.05) is 26.2 Å². The van der Waals surface area contributed by atoms with E-state index in [4.69, 9.17) is 0 Å². The van der Waals surface area contributed by atoms with Crippen molar-refractivity contribution in [1.82, 2.24) is 10.2 Å². The third kappa shape index (κ3) is 3.48. The first-order valence-electron chi connectivity index (χ1n) is 9.58. The number of amides is 3. The summed E-state index contributed by atoms with van der Waals surface area (Å²) in [5, 5.41) is 3.00. The molecule has 2 heterocycles. The molecule has 3 fully saturated rings. The minimum absolute atomic E-state index is 0.0464. The van der Waals surface area contributed by atoms with E-state index < -0.39 is 0 Å². The van der Waals surface area contributed by atoms with Crippen LogP contribution in [0.2, 0.25) is 0 Å². The first kappa shape index (κ1) is 17.4. The SMILES string of the molecule is CC[NH+]1CCC[C@@H]1CNC(=O)CCN1C(=O)[C@H]2CCCC[C@H]2C1=O. The van der Waals surface area contributed by atoms with Crippen molar-refractivity contribution in [2.24, 2.45) is 11.8 Å². The maximum atomic E-state index is 12.4. The van der Waals surface area contributed by atoms with Crippen molar-refractivity contribution in [3.8, 4) is 0 Å². The summed E-state index contributed by atoms with van der Waals surface area (Å²) in [6, 6.07) is 0.511. The number of nitrogens with one attached hydrogen (secondary N) is 2. The lowest BCUT2D eigenvalue weighted by Crippen LogP contribution is -3.14. The number of nitrogens with zero attached hydrogens (tertiary/aromatic N) is 1. The van der Waals surface area contributed by atoms with Gasteiger partial charge in [0, 0.05) is 25.8 Å². The molecule has 6 heteroatoms. The molecule has 0 aromatic heterocycles. The van der Waals surface area contributed by atoms with Gasteiger partial charge in [-0.25, -0.2) is 0 Å². The highest BCUT2D eigenvalue weighted by atomic mass is 16.2. The Hall–Kier alpha value is -1.43. The molecule has 0 bridgehead atoms. The minimum Gasteiger partial charge on any atom is -0.350 e. The van der Waals surface area contributed by atoms with E-state index in [1.54, 1.807) is 4.90 Å². The zero-order valence-electron chi connectivity index (χ0n) is 14.7. The molecule has 1 unspecified atom stereocenters. The smallest absolute Gasteiger partial charge is 0.233 e. The third-order valence-corrected chi connectivity index (χ3v) is 6.12. The second-order valence-electron chi connectivity index (χ2n) is 7.48. The summed E-state index contributed by atoms with van der Waals surface area (Å²) in [6.07, 6.45) is 6.34. The molecule has 2 N–H and O–H groups in total. The topological polar surface area (TPSA) is 70.9 Å². The van der Waals surface area contributed by atoms with Gasteiger partial charge in [0.05, 0.1) is 31.5 Å². The lowest BCUT2D eigenvalue weighted by Gasteiger charge is -2.20. The molecule has 0 spiro atoms. The number of rotatable bonds is 6. The van der Waals surface area contributed by atoms with Crippen molar-refractivity contribution in [3.63, 3.8) is 0 Å². The Kier molecular flexibility index (Phi) is 5.54. The Morgan fingerprint density at radius 2 is 1.79 bits per heavy atom. The van der Waals surface area contributed by atoms with Gasteiger partial charge >= 0.3 is 0 Å². The predicted molar refractivity (Wildman–Crippen MR) is 89.2 cm³/mol. The molecule has 4 atom stereocenters. The van der Waals surface area contributed by atoms with E-state index in [1.807, 2.05) is 0 Å². The van der Waals surface area contributed by atoms with Gasteiger partial charge in [-0.3, -0.25) is 19.3 Å². The summed E-state index contributed by atoms with van der Waals surface area (Å²) in [5.74, 6) is -0.373. The van der Waals surface area contributed by atoms with E-state index in [0.29, 0.717) is 12.6 Å². The summed E-state index contributed by atoms with van der Waals surface area (Å²) in [4.78, 5) is 39.8. The lowest BCUT2D eigenvalue weighted by molar-refractivity contribution is -0.909. The van der Waals surface area contributed by atoms with Crippen LogP contribution in [0.25, 0.3) is 0 Å². The molecule has 0 aromatic carbocycles. The summed E-state index contributed by atoms with van der Waals surface area (Å²) in [7, 11) is 0. The highest BCUT2D eigenvalue weighted by Crippen LogP contribution is 2.37. The molecular weight excluding hydrogens is 306 g/mol. The fraction of sp³-hybridized carbons (Fsp3) is 0.833. The molecule has 3 aliphatic rings. The van der Waals surface area contributed by atoms with Crippen LogP contribution in [0.1, 0.15) is 51.9 Å². The number of quaternary nitrogens is 1. The Morgan fingerprint density at radius 1 is 1.12 bits per heavy atom. The average molecular weight is 336 g/mol. The number of hydrogen-bond donors (Lipinski definition) is 2. The number of likely N-dealkylation sites (N-methyl/N-ethyl adjacent to an activating group) is 1. The van der Waals surface area contributed by atoms with Crippen LogP contribution >= 0.6 is 0 Å². The molecule has 24 heavy (non-hydrogen) atoms. The van der Waals surface area contributed by atoms with Crippen molar-refractivity contribution < 1.29 is 19.3 Å². The van der Waals surface area contributed by atoms with E-state index in [-0.39, 0.29) is 42.5 Å². The van der Waals surface area contributed by atoms with E-state index in [2.05, 4.69) is 12.2 Å². The zero-order valence-corrected chi connectivity index (χ0v) is 14.7. The fourth-order valence-corrected chi connectivity index (χ4v) is 4.69. The molecule has 0 radical (unpaired) electrons. The van der Waals surface area contributed by atoms with Crippen LogP contribution in [0.15, 0.2) is 0 Å². The first-order chi connectivity index (χ1) is 11.6. The average Bonchev–Trinajstić information content (AvgIpc) is 3.15. The number of imide groups is 1. The number of likely N-dealkylation sites (tertiary alicyclic amines) is 2. The fourth-order valence-electron chi connectivity index (χ4n) is 4.69. The van der Waals surface area contributed by atoms with Gasteiger partial charge in [0.1, 0.15) is 6.04 Å². The zero-order chi connectivity index (χ0) is 17.1. The maximum Gasteiger partial charge on any atom is 0.233 e. The van der Waals surface area contributed by atoms with Crippen LogP contribution in [-0.2, 0) is 14.4 Å². The van der Waals surface area contributed by atoms with Crippen molar-refractivity contribution in [3.05, 3.63) is 0 Å². The highest BCUT2D eigenvalue weighted by molar-refractivity contribution is 6.05. The van der Waals surface area contributed by atoms with Crippen LogP contribution in [0.3, 0.4) is 0 Å². The van der Waals surface area contributed by atoms with Crippen molar-refractivity contribution >= 4 is 17.7 Å². The Morgan fingerprint density at radius 3 is 2.42 bits per heavy atom. The number of carbonyl (C=O) groups is 3. The molecule has 3 amide bonds. The number of hydrogen-bond acceptors (Lipinski definition) is 3. The summed E-state index contributed by atoms with van der Waals surface area (Å²) in [6.45, 7) is 5.41. The molecule has 134 valence electrons. The largest absolute Gasteiger partial charge is 0.350 e. The molecule has 2 saturated heterocycles. The van der Waals surface area contributed by atoms with E-state index >= 15 is 0 Å². The Bertz CT molecular complexity index is 484. The van der Waals surface area contributed by atoms with Gasteiger partial charge in [-0.2, -0.15) is 0 Å². The van der Waals surface area contributed by atoms with Gasteiger partial charge in [-0.1, -0.05) is 12.8 Å². The highest BCUT2D eigenvalue weighted by Gasteiger charge is 2.47. The summed E-state index contributed by atoms with van der Waals surface area (Å²) >= 11 is 0. The second-order valence-corrected chi connectivity index (χ2v) is 7.48. The van der Waals surface area contributed by atoms with Crippen LogP contribution < -0.4 is 10.2 Å². The maximum absolute atomic E-state index is 12.4. The minimum atomic E-state index is -0.116. The summed E-state index contributed by atoms with van der Waals surface area (Å²) < 4.78 is 0. The first-order valence-corrected chi connectivity index (χ1v) is 9.58. The Labute approximate surface area is 143 Å². The standard InChI is InChI=1S/C18H29N3O3/c1-2-20-10-5-6-13(20)12-19-16(22)9-11-21-17(23)14-7-3-4-8-15(14)18(21)24/h13-15H,2-12H2,1H3,(H,19,22)/p+1/t13-,14-,15+/m1/s1. The molecule has 6 nitrogen and oxygen atoms in total. The van der Waals surface area contributed by atoms with Gasteiger partial charge in [-0.15, -0.1) is 0 Å². The quantitative estimate of drug-likeness (QED) is 0.656. The molecule has 0 aromatic rings. The van der Waals surface area contributed by atoms with Crippen molar-refractivity contribution in [1.29, 1.82) is 0 Å². The molecule has 3 rings (SSSR count). The van der Waals surface area contributed by atoms with Gasteiger partial charge in [-0.05, 0) is 19.8 Å². The van der Waals surface area contributed by atoms with E-state index in [0.717, 1.165) is 38.6 Å². The molecule has 1 aliphatic carbocycles. The number of carbonyl (C=O) groups excluding carboxylic acids is 3. The lowest BCUT2D eigenvalue weighted by atomic mass is 9.81. The van der Waals surface area contributed by atoms with E-state index in [9.17, 15) is 14.4 Å². The predicted octanol–water partition coefficient (Wildman–Crippen LogP) is -0.265. The van der Waals surface area contributed by atoms with Crippen molar-refractivity contribution in [2.45, 2.75) is 57.9 Å². The second kappa shape index (κ2) is 7.64. The molecule has 2 aliphatic heterocycles. The van der Waals surface area contributed by atoms with Crippen LogP contribution in [0, 0.1) is 11.8 Å². The van der Waals surface area contributed by atoms with Gasteiger partial charge in [0.2, 0.25) is 17.7 Å². The van der Waals surface area contributed by atoms with Crippen LogP contribution in [-0.4, -0.2) is 54.8 Å². The summed E-state index contributed by atoms with van der Waals surface area (Å²) in [5.41, 5.74) is 0. The molecular formula is C18H30N3O3+. The van der Waals surface area contributed by atoms with Gasteiger partial charge in [0.15, 0.2) is 0 Å². The van der Waals surface area contributed by atoms with E-state index in [1.165, 1.54) is 17.9 Å². The monoisotopic (exact) mass is 336 g/mol. The molecule has 1 saturated carbocycles. The Balaban J connectivity index is 1.44.